The Balaban J connectivity index is 1.36. The van der Waals surface area contributed by atoms with Crippen molar-refractivity contribution in [3.8, 4) is 16.9 Å². The number of carbonyl (C=O) groups is 1. The maximum absolute atomic E-state index is 14.6. The van der Waals surface area contributed by atoms with Gasteiger partial charge in [0, 0.05) is 38.0 Å². The number of para-hydroxylation sites is 1. The molecular formula is C29H29F3N6O2. The van der Waals surface area contributed by atoms with Crippen LogP contribution >= 0.6 is 0 Å². The standard InChI is InChI=1S/C29H29F3N6O2/c1-17-26(21-9-6-12-34-27(21)32)37-38(20-7-4-3-5-8-20)28(17)36-29(39)35-24-16-33-15-19(24)14-25(40-2)18-10-11-22(30)23(31)13-18/h3-13,19,24-25,33H,14-16H2,1-2H3,(H2,35,36,39)/t19-,24-,25?/m1/s1. The van der Waals surface area contributed by atoms with Crippen molar-refractivity contribution in [1.29, 1.82) is 0 Å². The fourth-order valence-corrected chi connectivity index (χ4v) is 5.03. The van der Waals surface area contributed by atoms with Gasteiger partial charge in [0.1, 0.15) is 11.5 Å². The molecule has 2 aromatic carbocycles. The Labute approximate surface area is 229 Å². The van der Waals surface area contributed by atoms with Crippen LogP contribution in [0.5, 0.6) is 0 Å². The molecular weight excluding hydrogens is 521 g/mol. The molecule has 1 aliphatic heterocycles. The summed E-state index contributed by atoms with van der Waals surface area (Å²) in [5.74, 6) is -2.16. The molecule has 2 aromatic heterocycles. The van der Waals surface area contributed by atoms with Gasteiger partial charge in [-0.25, -0.2) is 23.2 Å². The Hall–Kier alpha value is -4.22. The number of carbonyl (C=O) groups excluding carboxylic acids is 1. The molecule has 0 radical (unpaired) electrons. The van der Waals surface area contributed by atoms with Gasteiger partial charge in [-0.1, -0.05) is 24.3 Å². The Bertz CT molecular complexity index is 1500. The number of ether oxygens (including phenoxy) is 1. The highest BCUT2D eigenvalue weighted by molar-refractivity contribution is 5.91. The van der Waals surface area contributed by atoms with E-state index in [1.165, 1.54) is 19.4 Å². The molecule has 11 heteroatoms. The third-order valence-corrected chi connectivity index (χ3v) is 7.14. The number of urea groups is 1. The third-order valence-electron chi connectivity index (χ3n) is 7.14. The van der Waals surface area contributed by atoms with Gasteiger partial charge >= 0.3 is 6.03 Å². The van der Waals surface area contributed by atoms with Crippen LogP contribution in [0.3, 0.4) is 0 Å². The van der Waals surface area contributed by atoms with E-state index in [1.54, 1.807) is 23.7 Å². The number of nitrogens with zero attached hydrogens (tertiary/aromatic N) is 3. The highest BCUT2D eigenvalue weighted by Crippen LogP contribution is 2.32. The molecule has 1 unspecified atom stereocenters. The minimum absolute atomic E-state index is 0.0380. The normalized spacial score (nSPS) is 17.5. The molecule has 1 saturated heterocycles. The van der Waals surface area contributed by atoms with Gasteiger partial charge in [-0.05, 0) is 61.2 Å². The summed E-state index contributed by atoms with van der Waals surface area (Å²) in [7, 11) is 1.51. The SMILES string of the molecule is COC(C[C@@H]1CNC[C@H]1NC(=O)Nc1c(C)c(-c2cccnc2F)nn1-c1ccccc1)c1ccc(F)c(F)c1. The molecule has 3 heterocycles. The summed E-state index contributed by atoms with van der Waals surface area (Å²) in [6, 6.07) is 15.4. The maximum atomic E-state index is 14.6. The molecule has 40 heavy (non-hydrogen) atoms. The van der Waals surface area contributed by atoms with Crippen molar-refractivity contribution in [2.45, 2.75) is 25.5 Å². The summed E-state index contributed by atoms with van der Waals surface area (Å²) in [6.45, 7) is 2.89. The quantitative estimate of drug-likeness (QED) is 0.264. The zero-order valence-corrected chi connectivity index (χ0v) is 22.0. The zero-order valence-electron chi connectivity index (χ0n) is 22.0. The van der Waals surface area contributed by atoms with Crippen LogP contribution in [0.2, 0.25) is 0 Å². The zero-order chi connectivity index (χ0) is 28.2. The van der Waals surface area contributed by atoms with E-state index in [9.17, 15) is 18.0 Å². The lowest BCUT2D eigenvalue weighted by atomic mass is 9.93. The van der Waals surface area contributed by atoms with Gasteiger partial charge in [0.25, 0.3) is 0 Å². The lowest BCUT2D eigenvalue weighted by Gasteiger charge is -2.25. The van der Waals surface area contributed by atoms with Gasteiger partial charge in [-0.3, -0.25) is 5.32 Å². The number of halogens is 3. The van der Waals surface area contributed by atoms with Crippen LogP contribution in [0.1, 0.15) is 23.7 Å². The van der Waals surface area contributed by atoms with Crippen LogP contribution in [0.15, 0.2) is 66.9 Å². The van der Waals surface area contributed by atoms with E-state index in [0.29, 0.717) is 47.8 Å². The number of hydrogen-bond donors (Lipinski definition) is 3. The fraction of sp³-hybridized carbons (Fsp3) is 0.276. The summed E-state index contributed by atoms with van der Waals surface area (Å²) in [6.07, 6.45) is 1.36. The van der Waals surface area contributed by atoms with Crippen molar-refractivity contribution in [2.75, 3.05) is 25.5 Å². The molecule has 8 nitrogen and oxygen atoms in total. The fourth-order valence-electron chi connectivity index (χ4n) is 5.03. The molecule has 0 spiro atoms. The molecule has 1 aliphatic rings. The number of nitrogens with one attached hydrogen (secondary N) is 3. The van der Waals surface area contributed by atoms with Crippen LogP contribution in [0.4, 0.5) is 23.8 Å². The largest absolute Gasteiger partial charge is 0.377 e. The van der Waals surface area contributed by atoms with Gasteiger partial charge in [0.15, 0.2) is 11.6 Å². The molecule has 3 atom stereocenters. The Morgan fingerprint density at radius 3 is 2.62 bits per heavy atom. The number of methoxy groups -OCH3 is 1. The highest BCUT2D eigenvalue weighted by Gasteiger charge is 2.32. The second kappa shape index (κ2) is 11.9. The number of pyridine rings is 1. The summed E-state index contributed by atoms with van der Waals surface area (Å²) in [5, 5.41) is 13.8. The first kappa shape index (κ1) is 27.4. The number of benzene rings is 2. The first-order valence-corrected chi connectivity index (χ1v) is 12.9. The number of amides is 2. The summed E-state index contributed by atoms with van der Waals surface area (Å²) in [5.41, 5.74) is 2.37. The molecule has 4 aromatic rings. The average molecular weight is 551 g/mol. The van der Waals surface area contributed by atoms with Crippen molar-refractivity contribution in [3.63, 3.8) is 0 Å². The van der Waals surface area contributed by atoms with E-state index in [4.69, 9.17) is 4.74 Å². The molecule has 208 valence electrons. The molecule has 1 fully saturated rings. The van der Waals surface area contributed by atoms with E-state index in [-0.39, 0.29) is 17.5 Å². The number of anilines is 1. The minimum Gasteiger partial charge on any atom is -0.377 e. The monoisotopic (exact) mass is 550 g/mol. The topological polar surface area (TPSA) is 93.1 Å². The Kier molecular flexibility index (Phi) is 8.13. The van der Waals surface area contributed by atoms with Gasteiger partial charge in [-0.15, -0.1) is 0 Å². The highest BCUT2D eigenvalue weighted by atomic mass is 19.2. The van der Waals surface area contributed by atoms with Gasteiger partial charge in [0.2, 0.25) is 5.95 Å². The lowest BCUT2D eigenvalue weighted by Crippen LogP contribution is -2.43. The average Bonchev–Trinajstić information content (AvgIpc) is 3.53. The molecule has 0 saturated carbocycles. The third kappa shape index (κ3) is 5.70. The van der Waals surface area contributed by atoms with Crippen LogP contribution < -0.4 is 16.0 Å². The van der Waals surface area contributed by atoms with Crippen molar-refractivity contribution < 1.29 is 22.7 Å². The number of rotatable bonds is 8. The number of hydrogen-bond acceptors (Lipinski definition) is 5. The molecule has 0 aliphatic carbocycles. The van der Waals surface area contributed by atoms with Crippen LogP contribution in [-0.2, 0) is 4.74 Å². The van der Waals surface area contributed by atoms with Gasteiger partial charge in [0.05, 0.1) is 17.4 Å². The smallest absolute Gasteiger partial charge is 0.320 e. The van der Waals surface area contributed by atoms with Crippen molar-refractivity contribution in [2.24, 2.45) is 5.92 Å². The Morgan fingerprint density at radius 1 is 1.10 bits per heavy atom. The van der Waals surface area contributed by atoms with E-state index < -0.39 is 29.7 Å². The van der Waals surface area contributed by atoms with Crippen LogP contribution in [-0.4, -0.2) is 47.0 Å². The van der Waals surface area contributed by atoms with E-state index in [2.05, 4.69) is 26.0 Å². The molecule has 2 amide bonds. The second-order valence-electron chi connectivity index (χ2n) is 9.67. The van der Waals surface area contributed by atoms with Crippen LogP contribution in [0.25, 0.3) is 16.9 Å². The summed E-state index contributed by atoms with van der Waals surface area (Å²) >= 11 is 0. The Morgan fingerprint density at radius 2 is 1.90 bits per heavy atom. The van der Waals surface area contributed by atoms with E-state index in [0.717, 1.165) is 12.1 Å². The predicted octanol–water partition coefficient (Wildman–Crippen LogP) is 5.15. The van der Waals surface area contributed by atoms with E-state index >= 15 is 0 Å². The van der Waals surface area contributed by atoms with Gasteiger partial charge < -0.3 is 15.4 Å². The maximum Gasteiger partial charge on any atom is 0.320 e. The number of aromatic nitrogens is 3. The molecule has 5 rings (SSSR count). The summed E-state index contributed by atoms with van der Waals surface area (Å²) in [4.78, 5) is 17.0. The summed E-state index contributed by atoms with van der Waals surface area (Å²) < 4.78 is 49.0. The van der Waals surface area contributed by atoms with Gasteiger partial charge in [-0.2, -0.15) is 9.49 Å². The van der Waals surface area contributed by atoms with Crippen molar-refractivity contribution >= 4 is 11.8 Å². The molecule has 0 bridgehead atoms. The first-order chi connectivity index (χ1) is 19.4. The first-order valence-electron chi connectivity index (χ1n) is 12.9. The van der Waals surface area contributed by atoms with Crippen molar-refractivity contribution in [3.05, 3.63) is 95.6 Å². The van der Waals surface area contributed by atoms with Crippen LogP contribution in [0, 0.1) is 30.4 Å². The molecule has 3 N–H and O–H groups in total. The minimum atomic E-state index is -0.936. The predicted molar refractivity (Wildman–Crippen MR) is 145 cm³/mol. The lowest BCUT2D eigenvalue weighted by molar-refractivity contribution is 0.0788. The van der Waals surface area contributed by atoms with Crippen molar-refractivity contribution in [1.82, 2.24) is 25.4 Å². The second-order valence-corrected chi connectivity index (χ2v) is 9.67. The van der Waals surface area contributed by atoms with E-state index in [1.807, 2.05) is 30.3 Å².